The smallest absolute Gasteiger partial charge is 0.278 e. The van der Waals surface area contributed by atoms with Gasteiger partial charge >= 0.3 is 0 Å². The lowest BCUT2D eigenvalue weighted by Gasteiger charge is -2.29. The highest BCUT2D eigenvalue weighted by molar-refractivity contribution is 6.35. The summed E-state index contributed by atoms with van der Waals surface area (Å²) in [5.41, 5.74) is 1.90. The first-order valence-corrected chi connectivity index (χ1v) is 9.93. The average molecular weight is 426 g/mol. The average Bonchev–Trinajstić information content (AvgIpc) is 3.05. The van der Waals surface area contributed by atoms with Crippen LogP contribution in [0.4, 0.5) is 4.39 Å². The molecule has 0 aromatic heterocycles. The molecule has 0 atom stereocenters. The van der Waals surface area contributed by atoms with Crippen molar-refractivity contribution in [1.29, 1.82) is 0 Å². The van der Waals surface area contributed by atoms with E-state index in [0.29, 0.717) is 60.2 Å². The van der Waals surface area contributed by atoms with Crippen molar-refractivity contribution < 1.29 is 28.2 Å². The van der Waals surface area contributed by atoms with Crippen molar-refractivity contribution in [3.05, 3.63) is 65.1 Å². The summed E-state index contributed by atoms with van der Waals surface area (Å²) >= 11 is 0. The van der Waals surface area contributed by atoms with Crippen molar-refractivity contribution in [1.82, 2.24) is 9.80 Å². The number of carbonyl (C=O) groups is 2. The fourth-order valence-corrected chi connectivity index (χ4v) is 3.81. The van der Waals surface area contributed by atoms with E-state index in [9.17, 15) is 14.0 Å². The Morgan fingerprint density at radius 2 is 1.61 bits per heavy atom. The topological polar surface area (TPSA) is 68.3 Å². The fourth-order valence-electron chi connectivity index (χ4n) is 3.81. The van der Waals surface area contributed by atoms with Gasteiger partial charge in [0.05, 0.1) is 39.6 Å². The zero-order valence-electron chi connectivity index (χ0n) is 17.4. The summed E-state index contributed by atoms with van der Waals surface area (Å²) in [6.07, 6.45) is 0. The molecule has 8 heteroatoms. The van der Waals surface area contributed by atoms with E-state index in [1.165, 1.54) is 31.3 Å². The number of nitrogens with zero attached hydrogens (tertiary/aromatic N) is 2. The van der Waals surface area contributed by atoms with Crippen molar-refractivity contribution in [2.24, 2.45) is 0 Å². The summed E-state index contributed by atoms with van der Waals surface area (Å²) in [5.74, 6) is -0.157. The number of rotatable bonds is 6. The molecule has 0 spiro atoms. The first kappa shape index (κ1) is 20.9. The monoisotopic (exact) mass is 426 g/mol. The second-order valence-corrected chi connectivity index (χ2v) is 7.22. The molecule has 0 unspecified atom stereocenters. The van der Waals surface area contributed by atoms with Crippen LogP contribution in [0.15, 0.2) is 48.2 Å². The number of carbonyl (C=O) groups excluding carboxylic acids is 2. The van der Waals surface area contributed by atoms with Crippen LogP contribution in [-0.4, -0.2) is 62.1 Å². The highest BCUT2D eigenvalue weighted by Gasteiger charge is 2.42. The van der Waals surface area contributed by atoms with Crippen LogP contribution >= 0.6 is 0 Å². The van der Waals surface area contributed by atoms with Gasteiger partial charge in [-0.2, -0.15) is 0 Å². The van der Waals surface area contributed by atoms with E-state index in [2.05, 4.69) is 0 Å². The maximum Gasteiger partial charge on any atom is 0.278 e. The minimum Gasteiger partial charge on any atom is -0.493 e. The molecule has 2 heterocycles. The highest BCUT2D eigenvalue weighted by Crippen LogP contribution is 2.37. The van der Waals surface area contributed by atoms with Gasteiger partial charge in [0.1, 0.15) is 11.5 Å². The fraction of sp³-hybridized carbons (Fsp3) is 0.304. The van der Waals surface area contributed by atoms with Gasteiger partial charge in [-0.1, -0.05) is 18.2 Å². The van der Waals surface area contributed by atoms with Gasteiger partial charge in [-0.15, -0.1) is 0 Å². The van der Waals surface area contributed by atoms with E-state index >= 15 is 0 Å². The van der Waals surface area contributed by atoms with Gasteiger partial charge in [-0.3, -0.25) is 14.5 Å². The number of methoxy groups -OCH3 is 2. The van der Waals surface area contributed by atoms with Crippen LogP contribution in [0.1, 0.15) is 11.1 Å². The van der Waals surface area contributed by atoms with Crippen LogP contribution in [0.2, 0.25) is 0 Å². The Hall–Kier alpha value is -3.39. The molecular weight excluding hydrogens is 403 g/mol. The molecule has 31 heavy (non-hydrogen) atoms. The molecule has 1 fully saturated rings. The third-order valence-corrected chi connectivity index (χ3v) is 5.40. The number of hydrogen-bond acceptors (Lipinski definition) is 6. The first-order valence-electron chi connectivity index (χ1n) is 9.93. The number of amides is 2. The van der Waals surface area contributed by atoms with Gasteiger partial charge in [0.2, 0.25) is 0 Å². The van der Waals surface area contributed by atoms with Crippen LogP contribution in [0.5, 0.6) is 11.5 Å². The van der Waals surface area contributed by atoms with Crippen LogP contribution in [0.25, 0.3) is 5.57 Å². The Morgan fingerprint density at radius 1 is 0.935 bits per heavy atom. The van der Waals surface area contributed by atoms with Gasteiger partial charge in [0.15, 0.2) is 11.5 Å². The Bertz CT molecular complexity index is 1030. The lowest BCUT2D eigenvalue weighted by Crippen LogP contribution is -2.40. The summed E-state index contributed by atoms with van der Waals surface area (Å²) < 4.78 is 29.4. The molecule has 2 aromatic rings. The van der Waals surface area contributed by atoms with Crippen LogP contribution in [0.3, 0.4) is 0 Å². The van der Waals surface area contributed by atoms with Crippen molar-refractivity contribution in [2.75, 3.05) is 40.5 Å². The number of morpholine rings is 1. The van der Waals surface area contributed by atoms with Crippen molar-refractivity contribution in [3.63, 3.8) is 0 Å². The molecule has 0 N–H and O–H groups in total. The van der Waals surface area contributed by atoms with Gasteiger partial charge in [0.25, 0.3) is 11.8 Å². The molecular formula is C23H23FN2O5. The maximum absolute atomic E-state index is 13.4. The Balaban J connectivity index is 1.75. The molecule has 0 saturated carbocycles. The molecule has 2 aromatic carbocycles. The predicted molar refractivity (Wildman–Crippen MR) is 111 cm³/mol. The van der Waals surface area contributed by atoms with Gasteiger partial charge < -0.3 is 19.1 Å². The summed E-state index contributed by atoms with van der Waals surface area (Å²) in [6, 6.07) is 10.9. The van der Waals surface area contributed by atoms with E-state index in [-0.39, 0.29) is 18.3 Å². The number of imide groups is 1. The normalized spacial score (nSPS) is 16.9. The van der Waals surface area contributed by atoms with E-state index in [1.54, 1.807) is 30.3 Å². The molecule has 4 rings (SSSR count). The molecule has 0 bridgehead atoms. The summed E-state index contributed by atoms with van der Waals surface area (Å²) in [6.45, 7) is 2.03. The molecule has 1 saturated heterocycles. The van der Waals surface area contributed by atoms with E-state index in [0.717, 1.165) is 0 Å². The second kappa shape index (κ2) is 8.77. The number of halogens is 1. The van der Waals surface area contributed by atoms with Crippen LogP contribution in [0, 0.1) is 5.82 Å². The number of benzene rings is 2. The van der Waals surface area contributed by atoms with Crippen molar-refractivity contribution >= 4 is 17.4 Å². The Morgan fingerprint density at radius 3 is 2.26 bits per heavy atom. The second-order valence-electron chi connectivity index (χ2n) is 7.22. The zero-order chi connectivity index (χ0) is 22.0. The van der Waals surface area contributed by atoms with Crippen LogP contribution in [-0.2, 0) is 20.9 Å². The summed E-state index contributed by atoms with van der Waals surface area (Å²) in [7, 11) is 3.05. The molecule has 0 radical (unpaired) electrons. The van der Waals surface area contributed by atoms with Crippen molar-refractivity contribution in [2.45, 2.75) is 6.54 Å². The molecule has 2 amide bonds. The predicted octanol–water partition coefficient (Wildman–Crippen LogP) is 2.46. The maximum atomic E-state index is 13.4. The quantitative estimate of drug-likeness (QED) is 0.661. The third kappa shape index (κ3) is 3.98. The van der Waals surface area contributed by atoms with E-state index < -0.39 is 5.91 Å². The Labute approximate surface area is 179 Å². The minimum absolute atomic E-state index is 0.0581. The van der Waals surface area contributed by atoms with Crippen LogP contribution < -0.4 is 9.47 Å². The molecule has 0 aliphatic carbocycles. The Kier molecular flexibility index (Phi) is 5.90. The molecule has 7 nitrogen and oxygen atoms in total. The standard InChI is InChI=1S/C23H23FN2O5/c1-29-18-8-5-16(13-19(18)30-2)20-21(25-9-11-31-12-10-25)23(28)26(22(20)27)14-15-3-6-17(24)7-4-15/h3-8,13H,9-12,14H2,1-2H3. The highest BCUT2D eigenvalue weighted by atomic mass is 19.1. The van der Waals surface area contributed by atoms with Gasteiger partial charge in [-0.05, 0) is 35.4 Å². The SMILES string of the molecule is COc1ccc(C2=C(N3CCOCC3)C(=O)N(Cc3ccc(F)cc3)C2=O)cc1OC. The van der Waals surface area contributed by atoms with Crippen molar-refractivity contribution in [3.8, 4) is 11.5 Å². The van der Waals surface area contributed by atoms with Gasteiger partial charge in [-0.25, -0.2) is 4.39 Å². The van der Waals surface area contributed by atoms with E-state index in [1.807, 2.05) is 4.90 Å². The number of hydrogen-bond donors (Lipinski definition) is 0. The lowest BCUT2D eigenvalue weighted by atomic mass is 10.0. The summed E-state index contributed by atoms with van der Waals surface area (Å²) in [5, 5.41) is 0. The molecule has 162 valence electrons. The zero-order valence-corrected chi connectivity index (χ0v) is 17.4. The summed E-state index contributed by atoms with van der Waals surface area (Å²) in [4.78, 5) is 29.9. The third-order valence-electron chi connectivity index (χ3n) is 5.40. The van der Waals surface area contributed by atoms with E-state index in [4.69, 9.17) is 14.2 Å². The molecule has 2 aliphatic rings. The molecule has 2 aliphatic heterocycles. The lowest BCUT2D eigenvalue weighted by molar-refractivity contribution is -0.138. The van der Waals surface area contributed by atoms with Gasteiger partial charge in [0, 0.05) is 13.1 Å². The largest absolute Gasteiger partial charge is 0.493 e. The minimum atomic E-state index is -0.400. The first-order chi connectivity index (χ1) is 15.0. The number of ether oxygens (including phenoxy) is 3.